The zero-order valence-corrected chi connectivity index (χ0v) is 12.4. The first-order valence-corrected chi connectivity index (χ1v) is 7.95. The zero-order chi connectivity index (χ0) is 15.6. The lowest BCUT2D eigenvalue weighted by molar-refractivity contribution is 0.0607. The summed E-state index contributed by atoms with van der Waals surface area (Å²) in [7, 11) is -3.03. The van der Waals surface area contributed by atoms with Crippen molar-refractivity contribution in [3.05, 3.63) is 40.3 Å². The number of hydrogen-bond acceptors (Lipinski definition) is 6. The lowest BCUT2D eigenvalue weighted by Gasteiger charge is -2.09. The maximum atomic E-state index is 13.7. The van der Waals surface area contributed by atoms with Gasteiger partial charge in [0.2, 0.25) is 0 Å². The summed E-state index contributed by atoms with van der Waals surface area (Å²) in [6.45, 7) is 0. The largest absolute Gasteiger partial charge is 0.465 e. The third-order valence-electron chi connectivity index (χ3n) is 2.53. The number of anilines is 2. The van der Waals surface area contributed by atoms with Crippen molar-refractivity contribution < 1.29 is 22.3 Å². The number of nitrogen functional groups attached to an aromatic ring is 1. The predicted molar refractivity (Wildman–Crippen MR) is 77.3 cm³/mol. The number of halogens is 1. The minimum absolute atomic E-state index is 0.0219. The summed E-state index contributed by atoms with van der Waals surface area (Å²) in [5.41, 5.74) is 5.59. The highest BCUT2D eigenvalue weighted by atomic mass is 32.2. The van der Waals surface area contributed by atoms with Gasteiger partial charge < -0.3 is 10.5 Å². The highest BCUT2D eigenvalue weighted by molar-refractivity contribution is 7.92. The molecule has 0 saturated heterocycles. The summed E-state index contributed by atoms with van der Waals surface area (Å²) in [6.07, 6.45) is 0. The van der Waals surface area contributed by atoms with E-state index in [1.807, 2.05) is 0 Å². The lowest BCUT2D eigenvalue weighted by Crippen LogP contribution is -2.16. The molecule has 1 aromatic carbocycles. The molecule has 21 heavy (non-hydrogen) atoms. The maximum Gasteiger partial charge on any atom is 0.350 e. The number of carbonyl (C=O) groups is 1. The normalized spacial score (nSPS) is 11.1. The van der Waals surface area contributed by atoms with Crippen molar-refractivity contribution in [2.24, 2.45) is 0 Å². The number of rotatable bonds is 4. The van der Waals surface area contributed by atoms with Crippen molar-refractivity contribution >= 4 is 38.7 Å². The molecule has 2 rings (SSSR count). The van der Waals surface area contributed by atoms with Crippen LogP contribution in [-0.2, 0) is 14.8 Å². The van der Waals surface area contributed by atoms with Gasteiger partial charge in [-0.15, -0.1) is 11.3 Å². The van der Waals surface area contributed by atoms with Gasteiger partial charge in [-0.3, -0.25) is 4.72 Å². The van der Waals surface area contributed by atoms with Crippen molar-refractivity contribution in [1.29, 1.82) is 0 Å². The third kappa shape index (κ3) is 3.14. The SMILES string of the molecule is COC(=O)c1sccc1NS(=O)(=O)c1cc(N)ccc1F. The third-order valence-corrected chi connectivity index (χ3v) is 4.80. The molecule has 0 spiro atoms. The Hall–Kier alpha value is -2.13. The fourth-order valence-electron chi connectivity index (χ4n) is 1.57. The fourth-order valence-corrected chi connectivity index (χ4v) is 3.58. The molecule has 0 saturated carbocycles. The van der Waals surface area contributed by atoms with Gasteiger partial charge in [-0.25, -0.2) is 17.6 Å². The second kappa shape index (κ2) is 5.70. The number of esters is 1. The summed E-state index contributed by atoms with van der Waals surface area (Å²) in [5.74, 6) is -1.62. The Morgan fingerprint density at radius 3 is 2.76 bits per heavy atom. The summed E-state index contributed by atoms with van der Waals surface area (Å²) >= 11 is 1.01. The molecule has 0 amide bonds. The van der Waals surface area contributed by atoms with Crippen LogP contribution in [0.5, 0.6) is 0 Å². The standard InChI is InChI=1S/C12H11FN2O4S2/c1-19-12(16)11-9(4-5-20-11)15-21(17,18)10-6-7(14)2-3-8(10)13/h2-6,15H,14H2,1H3. The van der Waals surface area contributed by atoms with E-state index in [1.54, 1.807) is 0 Å². The smallest absolute Gasteiger partial charge is 0.350 e. The molecule has 0 unspecified atom stereocenters. The summed E-state index contributed by atoms with van der Waals surface area (Å²) in [6, 6.07) is 4.60. The van der Waals surface area contributed by atoms with Crippen LogP contribution in [0.3, 0.4) is 0 Å². The fraction of sp³-hybridized carbons (Fsp3) is 0.0833. The Kier molecular flexibility index (Phi) is 4.14. The highest BCUT2D eigenvalue weighted by Crippen LogP contribution is 2.27. The predicted octanol–water partition coefficient (Wildman–Crippen LogP) is 2.06. The number of thiophene rings is 1. The van der Waals surface area contributed by atoms with E-state index in [2.05, 4.69) is 9.46 Å². The van der Waals surface area contributed by atoms with E-state index >= 15 is 0 Å². The van der Waals surface area contributed by atoms with Crippen LogP contribution < -0.4 is 10.5 Å². The minimum Gasteiger partial charge on any atom is -0.465 e. The molecular weight excluding hydrogens is 319 g/mol. The molecular formula is C12H11FN2O4S2. The van der Waals surface area contributed by atoms with Gasteiger partial charge in [0.25, 0.3) is 10.0 Å². The molecule has 0 radical (unpaired) electrons. The van der Waals surface area contributed by atoms with E-state index in [0.29, 0.717) is 0 Å². The van der Waals surface area contributed by atoms with Crippen LogP contribution in [0.1, 0.15) is 9.67 Å². The topological polar surface area (TPSA) is 98.5 Å². The van der Waals surface area contributed by atoms with E-state index < -0.39 is 26.7 Å². The van der Waals surface area contributed by atoms with E-state index in [0.717, 1.165) is 23.5 Å². The first-order valence-electron chi connectivity index (χ1n) is 5.59. The van der Waals surface area contributed by atoms with Crippen LogP contribution in [0.25, 0.3) is 0 Å². The molecule has 112 valence electrons. The van der Waals surface area contributed by atoms with Gasteiger partial charge in [0.05, 0.1) is 12.8 Å². The molecule has 9 heteroatoms. The minimum atomic E-state index is -4.21. The second-order valence-corrected chi connectivity index (χ2v) is 6.52. The molecule has 3 N–H and O–H groups in total. The maximum absolute atomic E-state index is 13.7. The van der Waals surface area contributed by atoms with Gasteiger partial charge in [0.1, 0.15) is 15.6 Å². The number of sulfonamides is 1. The molecule has 1 heterocycles. The van der Waals surface area contributed by atoms with Gasteiger partial charge in [-0.1, -0.05) is 0 Å². The Morgan fingerprint density at radius 1 is 1.38 bits per heavy atom. The van der Waals surface area contributed by atoms with Crippen LogP contribution in [0.2, 0.25) is 0 Å². The molecule has 2 aromatic rings. The highest BCUT2D eigenvalue weighted by Gasteiger charge is 2.23. The Balaban J connectivity index is 2.41. The van der Waals surface area contributed by atoms with Gasteiger partial charge in [-0.2, -0.15) is 0 Å². The molecule has 0 aliphatic rings. The van der Waals surface area contributed by atoms with Crippen LogP contribution in [-0.4, -0.2) is 21.5 Å². The first kappa shape index (κ1) is 15.3. The molecule has 0 fully saturated rings. The molecule has 0 aliphatic heterocycles. The number of ether oxygens (including phenoxy) is 1. The van der Waals surface area contributed by atoms with Crippen LogP contribution in [0.4, 0.5) is 15.8 Å². The van der Waals surface area contributed by atoms with E-state index in [-0.39, 0.29) is 16.3 Å². The van der Waals surface area contributed by atoms with Crippen molar-refractivity contribution in [2.75, 3.05) is 17.6 Å². The van der Waals surface area contributed by atoms with Crippen LogP contribution in [0, 0.1) is 5.82 Å². The monoisotopic (exact) mass is 330 g/mol. The molecule has 1 aromatic heterocycles. The van der Waals surface area contributed by atoms with E-state index in [1.165, 1.54) is 24.6 Å². The Bertz CT molecular complexity index is 786. The zero-order valence-electron chi connectivity index (χ0n) is 10.8. The summed E-state index contributed by atoms with van der Waals surface area (Å²) in [4.78, 5) is 11.0. The summed E-state index contributed by atoms with van der Waals surface area (Å²) in [5, 5.41) is 1.51. The molecule has 0 bridgehead atoms. The number of methoxy groups -OCH3 is 1. The second-order valence-electron chi connectivity index (χ2n) is 3.95. The quantitative estimate of drug-likeness (QED) is 0.660. The van der Waals surface area contributed by atoms with Crippen LogP contribution >= 0.6 is 11.3 Å². The van der Waals surface area contributed by atoms with E-state index in [4.69, 9.17) is 5.73 Å². The van der Waals surface area contributed by atoms with Gasteiger partial charge in [0.15, 0.2) is 0 Å². The van der Waals surface area contributed by atoms with Gasteiger partial charge >= 0.3 is 5.97 Å². The lowest BCUT2D eigenvalue weighted by atomic mass is 10.3. The molecule has 0 aliphatic carbocycles. The Morgan fingerprint density at radius 2 is 2.10 bits per heavy atom. The van der Waals surface area contributed by atoms with Crippen molar-refractivity contribution in [1.82, 2.24) is 0 Å². The molecule has 6 nitrogen and oxygen atoms in total. The number of benzene rings is 1. The average molecular weight is 330 g/mol. The summed E-state index contributed by atoms with van der Waals surface area (Å²) < 4.78 is 44.7. The van der Waals surface area contributed by atoms with Crippen LogP contribution in [0.15, 0.2) is 34.5 Å². The van der Waals surface area contributed by atoms with Gasteiger partial charge in [-0.05, 0) is 29.6 Å². The van der Waals surface area contributed by atoms with Crippen molar-refractivity contribution in [3.8, 4) is 0 Å². The first-order chi connectivity index (χ1) is 9.85. The van der Waals surface area contributed by atoms with Crippen molar-refractivity contribution in [2.45, 2.75) is 4.90 Å². The number of hydrogen-bond donors (Lipinski definition) is 2. The number of nitrogens with two attached hydrogens (primary N) is 1. The number of nitrogens with one attached hydrogen (secondary N) is 1. The Labute approximate surface area is 124 Å². The van der Waals surface area contributed by atoms with E-state index in [9.17, 15) is 17.6 Å². The van der Waals surface area contributed by atoms with Gasteiger partial charge in [0, 0.05) is 5.69 Å². The molecule has 0 atom stereocenters. The average Bonchev–Trinajstić information content (AvgIpc) is 2.87. The number of carbonyl (C=O) groups excluding carboxylic acids is 1. The van der Waals surface area contributed by atoms with Crippen molar-refractivity contribution in [3.63, 3.8) is 0 Å².